The monoisotopic (exact) mass is 351 g/mol. The summed E-state index contributed by atoms with van der Waals surface area (Å²) in [7, 11) is 0. The van der Waals surface area contributed by atoms with Crippen molar-refractivity contribution in [2.75, 3.05) is 0 Å². The SMILES string of the molecule is Cc1csc(=O)n1CC(=O)O[C@@H](C)C(=O)NC1(C#N)CCCCC1. The van der Waals surface area contributed by atoms with Gasteiger partial charge in [0.05, 0.1) is 6.07 Å². The Morgan fingerprint density at radius 3 is 2.67 bits per heavy atom. The molecule has 0 aliphatic heterocycles. The van der Waals surface area contributed by atoms with Crippen LogP contribution in [0.2, 0.25) is 0 Å². The number of nitrogens with one attached hydrogen (secondary N) is 1. The van der Waals surface area contributed by atoms with E-state index in [9.17, 15) is 19.6 Å². The van der Waals surface area contributed by atoms with E-state index < -0.39 is 23.5 Å². The van der Waals surface area contributed by atoms with Gasteiger partial charge in [-0.15, -0.1) is 0 Å². The maximum Gasteiger partial charge on any atom is 0.326 e. The highest BCUT2D eigenvalue weighted by atomic mass is 32.1. The molecule has 1 aromatic rings. The first kappa shape index (κ1) is 18.2. The number of hydrogen-bond acceptors (Lipinski definition) is 6. The second kappa shape index (κ2) is 7.62. The summed E-state index contributed by atoms with van der Waals surface area (Å²) in [6.07, 6.45) is 3.04. The number of esters is 1. The zero-order valence-corrected chi connectivity index (χ0v) is 14.6. The molecule has 8 heteroatoms. The molecular weight excluding hydrogens is 330 g/mol. The number of carbonyl (C=O) groups is 2. The number of thiazole rings is 1. The Morgan fingerprint density at radius 2 is 2.12 bits per heavy atom. The Bertz CT molecular complexity index is 710. The summed E-state index contributed by atoms with van der Waals surface area (Å²) in [6.45, 7) is 2.96. The summed E-state index contributed by atoms with van der Waals surface area (Å²) in [5.74, 6) is -1.14. The molecule has 1 amide bonds. The predicted molar refractivity (Wildman–Crippen MR) is 88.4 cm³/mol. The van der Waals surface area contributed by atoms with Crippen LogP contribution in [0.15, 0.2) is 10.2 Å². The Kier molecular flexibility index (Phi) is 5.78. The van der Waals surface area contributed by atoms with E-state index in [0.717, 1.165) is 30.6 Å². The molecule has 1 aromatic heterocycles. The number of amides is 1. The first-order chi connectivity index (χ1) is 11.4. The maximum atomic E-state index is 12.2. The van der Waals surface area contributed by atoms with Crippen LogP contribution in [0.3, 0.4) is 0 Å². The third kappa shape index (κ3) is 4.23. The Balaban J connectivity index is 1.92. The van der Waals surface area contributed by atoms with Crippen molar-refractivity contribution < 1.29 is 14.3 Å². The van der Waals surface area contributed by atoms with E-state index >= 15 is 0 Å². The van der Waals surface area contributed by atoms with Gasteiger partial charge < -0.3 is 10.1 Å². The van der Waals surface area contributed by atoms with E-state index in [4.69, 9.17) is 4.74 Å². The zero-order valence-electron chi connectivity index (χ0n) is 13.8. The fraction of sp³-hybridized carbons (Fsp3) is 0.625. The van der Waals surface area contributed by atoms with Gasteiger partial charge in [0.1, 0.15) is 12.1 Å². The maximum absolute atomic E-state index is 12.2. The van der Waals surface area contributed by atoms with Crippen molar-refractivity contribution in [1.29, 1.82) is 5.26 Å². The number of ether oxygens (including phenoxy) is 1. The molecule has 0 spiro atoms. The van der Waals surface area contributed by atoms with Crippen molar-refractivity contribution in [2.45, 2.75) is 64.1 Å². The Hall–Kier alpha value is -2.14. The molecular formula is C16H21N3O4S. The van der Waals surface area contributed by atoms with Gasteiger partial charge in [0.25, 0.3) is 5.91 Å². The van der Waals surface area contributed by atoms with Crippen LogP contribution in [0.5, 0.6) is 0 Å². The number of hydrogen-bond donors (Lipinski definition) is 1. The first-order valence-corrected chi connectivity index (χ1v) is 8.82. The fourth-order valence-corrected chi connectivity index (χ4v) is 3.51. The number of nitriles is 1. The van der Waals surface area contributed by atoms with Crippen LogP contribution in [0, 0.1) is 18.3 Å². The summed E-state index contributed by atoms with van der Waals surface area (Å²) < 4.78 is 6.41. The topological polar surface area (TPSA) is 101 Å². The third-order valence-electron chi connectivity index (χ3n) is 4.22. The normalized spacial score (nSPS) is 17.5. The summed E-state index contributed by atoms with van der Waals surface area (Å²) in [5.41, 5.74) is -0.193. The lowest BCUT2D eigenvalue weighted by Crippen LogP contribution is -2.52. The third-order valence-corrected chi connectivity index (χ3v) is 5.11. The molecule has 1 saturated carbocycles. The molecule has 0 unspecified atom stereocenters. The molecule has 1 N–H and O–H groups in total. The average Bonchev–Trinajstić information content (AvgIpc) is 2.87. The van der Waals surface area contributed by atoms with Crippen LogP contribution in [-0.4, -0.2) is 28.1 Å². The molecule has 7 nitrogen and oxygen atoms in total. The van der Waals surface area contributed by atoms with Crippen molar-refractivity contribution in [3.63, 3.8) is 0 Å². The van der Waals surface area contributed by atoms with Crippen LogP contribution >= 0.6 is 11.3 Å². The van der Waals surface area contributed by atoms with E-state index in [2.05, 4.69) is 11.4 Å². The minimum atomic E-state index is -1.01. The van der Waals surface area contributed by atoms with Gasteiger partial charge >= 0.3 is 10.8 Å². The standard InChI is InChI=1S/C16H21N3O4S/c1-11-9-24-15(22)19(11)8-13(20)23-12(2)14(21)18-16(10-17)6-4-3-5-7-16/h9,12H,3-8H2,1-2H3,(H,18,21)/t12-/m0/s1. The Morgan fingerprint density at radius 1 is 1.46 bits per heavy atom. The van der Waals surface area contributed by atoms with Gasteiger partial charge in [-0.3, -0.25) is 19.0 Å². The number of rotatable bonds is 5. The summed E-state index contributed by atoms with van der Waals surface area (Å²) in [6, 6.07) is 2.19. The Labute approximate surface area is 144 Å². The lowest BCUT2D eigenvalue weighted by molar-refractivity contribution is -0.156. The van der Waals surface area contributed by atoms with Crippen molar-refractivity contribution in [3.05, 3.63) is 20.7 Å². The van der Waals surface area contributed by atoms with E-state index in [-0.39, 0.29) is 11.4 Å². The molecule has 1 heterocycles. The van der Waals surface area contributed by atoms with Gasteiger partial charge in [-0.05, 0) is 26.7 Å². The summed E-state index contributed by atoms with van der Waals surface area (Å²) in [5, 5.41) is 13.8. The molecule has 0 radical (unpaired) electrons. The lowest BCUT2D eigenvalue weighted by atomic mass is 9.83. The van der Waals surface area contributed by atoms with Crippen molar-refractivity contribution in [3.8, 4) is 6.07 Å². The number of nitrogens with zero attached hydrogens (tertiary/aromatic N) is 2. The van der Waals surface area contributed by atoms with Crippen LogP contribution in [0.4, 0.5) is 0 Å². The quantitative estimate of drug-likeness (QED) is 0.810. The zero-order chi connectivity index (χ0) is 17.7. The second-order valence-corrected chi connectivity index (χ2v) is 6.93. The van der Waals surface area contributed by atoms with Crippen LogP contribution in [0.25, 0.3) is 0 Å². The van der Waals surface area contributed by atoms with Gasteiger partial charge in [-0.2, -0.15) is 5.26 Å². The molecule has 24 heavy (non-hydrogen) atoms. The smallest absolute Gasteiger partial charge is 0.326 e. The van der Waals surface area contributed by atoms with E-state index in [1.54, 1.807) is 12.3 Å². The van der Waals surface area contributed by atoms with Crippen molar-refractivity contribution in [2.24, 2.45) is 0 Å². The highest BCUT2D eigenvalue weighted by molar-refractivity contribution is 7.07. The molecule has 1 aliphatic rings. The highest BCUT2D eigenvalue weighted by Gasteiger charge is 2.35. The summed E-state index contributed by atoms with van der Waals surface area (Å²) in [4.78, 5) is 35.5. The molecule has 130 valence electrons. The van der Waals surface area contributed by atoms with Crippen LogP contribution < -0.4 is 10.2 Å². The van der Waals surface area contributed by atoms with Gasteiger partial charge in [0.15, 0.2) is 6.10 Å². The van der Waals surface area contributed by atoms with Crippen molar-refractivity contribution >= 4 is 23.2 Å². The van der Waals surface area contributed by atoms with Gasteiger partial charge in [0.2, 0.25) is 0 Å². The largest absolute Gasteiger partial charge is 0.451 e. The van der Waals surface area contributed by atoms with E-state index in [1.807, 2.05) is 0 Å². The molecule has 0 bridgehead atoms. The molecule has 1 aliphatic carbocycles. The number of aryl methyl sites for hydroxylation is 1. The average molecular weight is 351 g/mol. The van der Waals surface area contributed by atoms with Crippen LogP contribution in [-0.2, 0) is 20.9 Å². The molecule has 1 fully saturated rings. The van der Waals surface area contributed by atoms with Gasteiger partial charge in [0, 0.05) is 11.1 Å². The second-order valence-electron chi connectivity index (χ2n) is 6.11. The number of carbonyl (C=O) groups excluding carboxylic acids is 2. The minimum Gasteiger partial charge on any atom is -0.451 e. The predicted octanol–water partition coefficient (Wildman–Crippen LogP) is 1.49. The lowest BCUT2D eigenvalue weighted by Gasteiger charge is -2.32. The fourth-order valence-electron chi connectivity index (χ4n) is 2.77. The molecule has 1 atom stereocenters. The van der Waals surface area contributed by atoms with Crippen LogP contribution in [0.1, 0.15) is 44.7 Å². The number of aromatic nitrogens is 1. The highest BCUT2D eigenvalue weighted by Crippen LogP contribution is 2.27. The van der Waals surface area contributed by atoms with Gasteiger partial charge in [-0.1, -0.05) is 30.6 Å². The molecule has 0 saturated heterocycles. The van der Waals surface area contributed by atoms with E-state index in [0.29, 0.717) is 18.5 Å². The molecule has 0 aromatic carbocycles. The first-order valence-electron chi connectivity index (χ1n) is 7.94. The van der Waals surface area contributed by atoms with E-state index in [1.165, 1.54) is 11.5 Å². The minimum absolute atomic E-state index is 0.227. The molecule has 2 rings (SSSR count). The van der Waals surface area contributed by atoms with Crippen molar-refractivity contribution in [1.82, 2.24) is 9.88 Å². The summed E-state index contributed by atoms with van der Waals surface area (Å²) >= 11 is 1.01. The van der Waals surface area contributed by atoms with Gasteiger partial charge in [-0.25, -0.2) is 0 Å².